The van der Waals surface area contributed by atoms with Gasteiger partial charge in [-0.1, -0.05) is 318 Å². The zero-order valence-electron chi connectivity index (χ0n) is 52.6. The van der Waals surface area contributed by atoms with E-state index in [2.05, 4.69) is 93.7 Å². The number of esters is 3. The second-order valence-corrected chi connectivity index (χ2v) is 23.1. The smallest absolute Gasteiger partial charge is 0.306 e. The monoisotopic (exact) mass is 1100 g/mol. The SMILES string of the molecule is CC/C=C\C/C=C\C/C=C\C/C=C\CCCCCCCCCCC(=O)OC(COC(=O)CCCCCCCCCCCCCCC)COC(=O)CCCCCCCCCCCCCCCCC/C=C\C/C=C\CCCCCCC. The van der Waals surface area contributed by atoms with Gasteiger partial charge < -0.3 is 14.2 Å². The molecule has 0 rings (SSSR count). The first-order chi connectivity index (χ1) is 39.0. The minimum Gasteiger partial charge on any atom is -0.462 e. The highest BCUT2D eigenvalue weighted by Crippen LogP contribution is 2.17. The Bertz CT molecular complexity index is 1450. The highest BCUT2D eigenvalue weighted by atomic mass is 16.6. The molecule has 0 aromatic rings. The molecule has 6 heteroatoms. The number of ether oxygens (including phenoxy) is 3. The summed E-state index contributed by atoms with van der Waals surface area (Å²) in [5.74, 6) is -0.863. The Hall–Kier alpha value is -3.15. The quantitative estimate of drug-likeness (QED) is 0.0261. The number of hydrogen-bond donors (Lipinski definition) is 0. The molecule has 0 aliphatic heterocycles. The van der Waals surface area contributed by atoms with E-state index in [1.54, 1.807) is 0 Å². The van der Waals surface area contributed by atoms with Crippen LogP contribution in [0.15, 0.2) is 72.9 Å². The molecule has 0 saturated carbocycles. The van der Waals surface area contributed by atoms with Crippen LogP contribution < -0.4 is 0 Å². The number of carbonyl (C=O) groups is 3. The van der Waals surface area contributed by atoms with Gasteiger partial charge in [-0.05, 0) is 89.9 Å². The van der Waals surface area contributed by atoms with Crippen molar-refractivity contribution in [3.05, 3.63) is 72.9 Å². The molecule has 0 amide bonds. The summed E-state index contributed by atoms with van der Waals surface area (Å²) in [4.78, 5) is 38.4. The maximum absolute atomic E-state index is 12.9. The van der Waals surface area contributed by atoms with Gasteiger partial charge in [0, 0.05) is 19.3 Å². The van der Waals surface area contributed by atoms with Crippen LogP contribution in [0.3, 0.4) is 0 Å². The molecule has 0 fully saturated rings. The average Bonchev–Trinajstić information content (AvgIpc) is 3.45. The highest BCUT2D eigenvalue weighted by molar-refractivity contribution is 5.71. The summed E-state index contributed by atoms with van der Waals surface area (Å²) in [5, 5.41) is 0. The largest absolute Gasteiger partial charge is 0.462 e. The van der Waals surface area contributed by atoms with Crippen LogP contribution in [-0.4, -0.2) is 37.2 Å². The van der Waals surface area contributed by atoms with Gasteiger partial charge in [-0.2, -0.15) is 0 Å². The summed E-state index contributed by atoms with van der Waals surface area (Å²) in [6, 6.07) is 0. The van der Waals surface area contributed by atoms with Gasteiger partial charge in [0.1, 0.15) is 13.2 Å². The maximum atomic E-state index is 12.9. The number of allylic oxidation sites excluding steroid dienone is 12. The summed E-state index contributed by atoms with van der Waals surface area (Å²) in [6.45, 7) is 6.56. The molecule has 0 heterocycles. The molecule has 1 atom stereocenters. The fourth-order valence-electron chi connectivity index (χ4n) is 10.1. The molecule has 458 valence electrons. The average molecular weight is 1100 g/mol. The minimum atomic E-state index is -0.779. The van der Waals surface area contributed by atoms with E-state index in [-0.39, 0.29) is 31.1 Å². The Labute approximate surface area is 491 Å². The first-order valence-electron chi connectivity index (χ1n) is 34.4. The predicted octanol–water partition coefficient (Wildman–Crippen LogP) is 23.7. The lowest BCUT2D eigenvalue weighted by Crippen LogP contribution is -2.30. The van der Waals surface area contributed by atoms with Crippen LogP contribution >= 0.6 is 0 Å². The van der Waals surface area contributed by atoms with Gasteiger partial charge in [-0.3, -0.25) is 14.4 Å². The van der Waals surface area contributed by atoms with Gasteiger partial charge in [-0.25, -0.2) is 0 Å². The van der Waals surface area contributed by atoms with Gasteiger partial charge >= 0.3 is 17.9 Å². The van der Waals surface area contributed by atoms with Crippen molar-refractivity contribution in [2.24, 2.45) is 0 Å². The van der Waals surface area contributed by atoms with Gasteiger partial charge in [0.2, 0.25) is 0 Å². The third kappa shape index (κ3) is 65.5. The lowest BCUT2D eigenvalue weighted by atomic mass is 10.0. The summed E-state index contributed by atoms with van der Waals surface area (Å²) in [7, 11) is 0. The standard InChI is InChI=1S/C73H130O6/c1-4-7-10-13-16-19-22-25-27-29-31-33-34-35-36-37-38-40-41-43-45-48-51-54-57-60-63-66-72(75)78-69-70(68-77-71(74)65-62-59-56-53-50-47-24-21-18-15-12-9-6-3)79-73(76)67-64-61-58-55-52-49-46-44-42-39-32-30-28-26-23-20-17-14-11-8-5-2/h8,11,17,20,22,25-26,28-29,31-32,39,70H,4-7,9-10,12-16,18-19,21,23-24,27,30,33-38,40-69H2,1-3H3/b11-8-,20-17-,25-22-,28-26-,31-29-,39-32-. The lowest BCUT2D eigenvalue weighted by molar-refractivity contribution is -0.167. The third-order valence-corrected chi connectivity index (χ3v) is 15.2. The van der Waals surface area contributed by atoms with Crippen LogP contribution in [0.2, 0.25) is 0 Å². The van der Waals surface area contributed by atoms with Gasteiger partial charge in [0.15, 0.2) is 6.10 Å². The maximum Gasteiger partial charge on any atom is 0.306 e. The van der Waals surface area contributed by atoms with Crippen LogP contribution in [0.5, 0.6) is 0 Å². The van der Waals surface area contributed by atoms with Crippen molar-refractivity contribution in [3.8, 4) is 0 Å². The second kappa shape index (κ2) is 67.4. The fourth-order valence-corrected chi connectivity index (χ4v) is 10.1. The van der Waals surface area contributed by atoms with Crippen LogP contribution in [0.1, 0.15) is 355 Å². The Balaban J connectivity index is 4.26. The van der Waals surface area contributed by atoms with E-state index in [4.69, 9.17) is 14.2 Å². The Morgan fingerprint density at radius 1 is 0.266 bits per heavy atom. The molecule has 0 radical (unpaired) electrons. The summed E-state index contributed by atoms with van der Waals surface area (Å²) in [6.07, 6.45) is 87.8. The first-order valence-corrected chi connectivity index (χ1v) is 34.4. The van der Waals surface area contributed by atoms with Crippen molar-refractivity contribution in [2.75, 3.05) is 13.2 Å². The van der Waals surface area contributed by atoms with Crippen molar-refractivity contribution in [3.63, 3.8) is 0 Å². The molecule has 0 N–H and O–H groups in total. The zero-order chi connectivity index (χ0) is 57.1. The van der Waals surface area contributed by atoms with E-state index in [0.29, 0.717) is 19.3 Å². The molecule has 0 aliphatic carbocycles. The molecular formula is C73H130O6. The van der Waals surface area contributed by atoms with Crippen molar-refractivity contribution in [2.45, 2.75) is 361 Å². The Morgan fingerprint density at radius 3 is 0.772 bits per heavy atom. The van der Waals surface area contributed by atoms with Crippen molar-refractivity contribution < 1.29 is 28.6 Å². The van der Waals surface area contributed by atoms with E-state index < -0.39 is 6.10 Å². The number of rotatable bonds is 63. The molecule has 0 aliphatic rings. The highest BCUT2D eigenvalue weighted by Gasteiger charge is 2.19. The normalized spacial score (nSPS) is 12.5. The lowest BCUT2D eigenvalue weighted by Gasteiger charge is -2.18. The number of hydrogen-bond acceptors (Lipinski definition) is 6. The molecule has 0 aromatic heterocycles. The molecule has 79 heavy (non-hydrogen) atoms. The van der Waals surface area contributed by atoms with E-state index in [9.17, 15) is 14.4 Å². The fraction of sp³-hybridized carbons (Fsp3) is 0.795. The van der Waals surface area contributed by atoms with E-state index >= 15 is 0 Å². The molecule has 0 aromatic carbocycles. The predicted molar refractivity (Wildman–Crippen MR) is 344 cm³/mol. The zero-order valence-corrected chi connectivity index (χ0v) is 52.6. The van der Waals surface area contributed by atoms with Gasteiger partial charge in [0.25, 0.3) is 0 Å². The molecule has 0 bridgehead atoms. The summed E-state index contributed by atoms with van der Waals surface area (Å²) >= 11 is 0. The number of carbonyl (C=O) groups excluding carboxylic acids is 3. The first kappa shape index (κ1) is 75.8. The van der Waals surface area contributed by atoms with Crippen molar-refractivity contribution in [1.29, 1.82) is 0 Å². The van der Waals surface area contributed by atoms with Crippen LogP contribution in [-0.2, 0) is 28.6 Å². The minimum absolute atomic E-state index is 0.0745. The summed E-state index contributed by atoms with van der Waals surface area (Å²) < 4.78 is 17.0. The Morgan fingerprint density at radius 2 is 0.494 bits per heavy atom. The van der Waals surface area contributed by atoms with Gasteiger partial charge in [0.05, 0.1) is 0 Å². The van der Waals surface area contributed by atoms with Crippen LogP contribution in [0, 0.1) is 0 Å². The number of unbranched alkanes of at least 4 members (excludes halogenated alkanes) is 40. The van der Waals surface area contributed by atoms with Crippen molar-refractivity contribution >= 4 is 17.9 Å². The third-order valence-electron chi connectivity index (χ3n) is 15.2. The van der Waals surface area contributed by atoms with E-state index in [1.165, 1.54) is 218 Å². The molecule has 6 nitrogen and oxygen atoms in total. The Kier molecular flexibility index (Phi) is 64.7. The topological polar surface area (TPSA) is 78.9 Å². The molecular weight excluding hydrogens is 973 g/mol. The van der Waals surface area contributed by atoms with Crippen molar-refractivity contribution in [1.82, 2.24) is 0 Å². The molecule has 0 saturated heterocycles. The summed E-state index contributed by atoms with van der Waals surface area (Å²) in [5.41, 5.74) is 0. The van der Waals surface area contributed by atoms with Gasteiger partial charge in [-0.15, -0.1) is 0 Å². The van der Waals surface area contributed by atoms with Crippen LogP contribution in [0.25, 0.3) is 0 Å². The van der Waals surface area contributed by atoms with E-state index in [0.717, 1.165) is 96.3 Å². The molecule has 1 unspecified atom stereocenters. The van der Waals surface area contributed by atoms with Crippen LogP contribution in [0.4, 0.5) is 0 Å². The second-order valence-electron chi connectivity index (χ2n) is 23.1. The molecule has 0 spiro atoms. The van der Waals surface area contributed by atoms with E-state index in [1.807, 2.05) is 0 Å².